The fourth-order valence-corrected chi connectivity index (χ4v) is 2.39. The molecule has 1 aliphatic heterocycles. The largest absolute Gasteiger partial charge is 0.393 e. The Kier molecular flexibility index (Phi) is 2.65. The molecule has 1 N–H and O–H groups in total. The molecular formula is C13H13ClN2O. The summed E-state index contributed by atoms with van der Waals surface area (Å²) in [4.78, 5) is 4.38. The van der Waals surface area contributed by atoms with Gasteiger partial charge in [-0.05, 0) is 24.1 Å². The molecule has 0 fully saturated rings. The first-order valence-corrected chi connectivity index (χ1v) is 6.10. The summed E-state index contributed by atoms with van der Waals surface area (Å²) >= 11 is 5.88. The smallest absolute Gasteiger partial charge is 0.111 e. The lowest BCUT2D eigenvalue weighted by Crippen LogP contribution is -2.23. The van der Waals surface area contributed by atoms with E-state index < -0.39 is 0 Å². The van der Waals surface area contributed by atoms with Gasteiger partial charge in [-0.1, -0.05) is 23.7 Å². The number of aliphatic hydroxyl groups excluding tert-OH is 1. The van der Waals surface area contributed by atoms with Crippen molar-refractivity contribution in [1.29, 1.82) is 0 Å². The maximum atomic E-state index is 9.60. The van der Waals surface area contributed by atoms with E-state index in [1.165, 1.54) is 0 Å². The van der Waals surface area contributed by atoms with Crippen LogP contribution in [0.15, 0.2) is 30.5 Å². The van der Waals surface area contributed by atoms with Gasteiger partial charge in [-0.3, -0.25) is 0 Å². The Morgan fingerprint density at radius 2 is 2.06 bits per heavy atom. The van der Waals surface area contributed by atoms with Crippen molar-refractivity contribution in [2.75, 3.05) is 0 Å². The first kappa shape index (κ1) is 10.8. The average Bonchev–Trinajstić information content (AvgIpc) is 2.73. The maximum Gasteiger partial charge on any atom is 0.111 e. The summed E-state index contributed by atoms with van der Waals surface area (Å²) in [5.41, 5.74) is 2.22. The summed E-state index contributed by atoms with van der Waals surface area (Å²) in [6.45, 7) is 0.828. The van der Waals surface area contributed by atoms with Gasteiger partial charge in [0.15, 0.2) is 0 Å². The molecule has 0 bridgehead atoms. The SMILES string of the molecule is OC1CCn2c(-c3ccc(Cl)cc3)cnc2C1. The molecule has 17 heavy (non-hydrogen) atoms. The van der Waals surface area contributed by atoms with Crippen LogP contribution in [-0.4, -0.2) is 20.8 Å². The summed E-state index contributed by atoms with van der Waals surface area (Å²) in [6.07, 6.45) is 3.07. The number of imidazole rings is 1. The van der Waals surface area contributed by atoms with Crippen molar-refractivity contribution in [1.82, 2.24) is 9.55 Å². The van der Waals surface area contributed by atoms with Gasteiger partial charge in [0.05, 0.1) is 18.0 Å². The standard InChI is InChI=1S/C13H13ClN2O/c14-10-3-1-9(2-4-10)12-8-15-13-7-11(17)5-6-16(12)13/h1-4,8,11,17H,5-7H2. The molecule has 1 atom stereocenters. The van der Waals surface area contributed by atoms with E-state index >= 15 is 0 Å². The van der Waals surface area contributed by atoms with Crippen LogP contribution < -0.4 is 0 Å². The van der Waals surface area contributed by atoms with E-state index in [0.29, 0.717) is 6.42 Å². The van der Waals surface area contributed by atoms with Gasteiger partial charge in [-0.2, -0.15) is 0 Å². The van der Waals surface area contributed by atoms with E-state index in [-0.39, 0.29) is 6.10 Å². The van der Waals surface area contributed by atoms with Gasteiger partial charge in [0.1, 0.15) is 5.82 Å². The van der Waals surface area contributed by atoms with Gasteiger partial charge < -0.3 is 9.67 Å². The Bertz CT molecular complexity index is 533. The van der Waals surface area contributed by atoms with E-state index in [4.69, 9.17) is 11.6 Å². The molecule has 3 rings (SSSR count). The van der Waals surface area contributed by atoms with Crippen LogP contribution in [-0.2, 0) is 13.0 Å². The minimum Gasteiger partial charge on any atom is -0.393 e. The molecular weight excluding hydrogens is 236 g/mol. The summed E-state index contributed by atoms with van der Waals surface area (Å²) in [5.74, 6) is 0.966. The summed E-state index contributed by atoms with van der Waals surface area (Å²) < 4.78 is 2.18. The number of halogens is 1. The number of hydrogen-bond donors (Lipinski definition) is 1. The van der Waals surface area contributed by atoms with Crippen molar-refractivity contribution in [2.24, 2.45) is 0 Å². The van der Waals surface area contributed by atoms with Crippen molar-refractivity contribution in [3.8, 4) is 11.3 Å². The second kappa shape index (κ2) is 4.17. The fraction of sp³-hybridized carbons (Fsp3) is 0.308. The zero-order valence-electron chi connectivity index (χ0n) is 9.31. The van der Waals surface area contributed by atoms with Crippen LogP contribution in [0.3, 0.4) is 0 Å². The highest BCUT2D eigenvalue weighted by atomic mass is 35.5. The monoisotopic (exact) mass is 248 g/mol. The van der Waals surface area contributed by atoms with Gasteiger partial charge >= 0.3 is 0 Å². The second-order valence-corrected chi connectivity index (χ2v) is 4.80. The highest BCUT2D eigenvalue weighted by Gasteiger charge is 2.20. The molecule has 2 aromatic rings. The van der Waals surface area contributed by atoms with Crippen LogP contribution in [0.5, 0.6) is 0 Å². The molecule has 1 aliphatic rings. The van der Waals surface area contributed by atoms with Gasteiger partial charge in [0.2, 0.25) is 0 Å². The third-order valence-corrected chi connectivity index (χ3v) is 3.43. The molecule has 2 heterocycles. The molecule has 0 saturated carbocycles. The van der Waals surface area contributed by atoms with E-state index in [9.17, 15) is 5.11 Å². The van der Waals surface area contributed by atoms with Crippen LogP contribution >= 0.6 is 11.6 Å². The fourth-order valence-electron chi connectivity index (χ4n) is 2.27. The molecule has 1 aromatic heterocycles. The third-order valence-electron chi connectivity index (χ3n) is 3.18. The highest BCUT2D eigenvalue weighted by Crippen LogP contribution is 2.26. The second-order valence-electron chi connectivity index (χ2n) is 4.36. The Morgan fingerprint density at radius 1 is 1.29 bits per heavy atom. The third kappa shape index (κ3) is 1.96. The summed E-state index contributed by atoms with van der Waals surface area (Å²) in [6, 6.07) is 7.76. The minimum absolute atomic E-state index is 0.247. The Balaban J connectivity index is 2.02. The zero-order valence-corrected chi connectivity index (χ0v) is 10.1. The van der Waals surface area contributed by atoms with E-state index in [2.05, 4.69) is 9.55 Å². The van der Waals surface area contributed by atoms with Crippen molar-refractivity contribution in [3.05, 3.63) is 41.3 Å². The number of fused-ring (bicyclic) bond motifs is 1. The molecule has 3 nitrogen and oxygen atoms in total. The van der Waals surface area contributed by atoms with Crippen molar-refractivity contribution >= 4 is 11.6 Å². The topological polar surface area (TPSA) is 38.0 Å². The van der Waals surface area contributed by atoms with Gasteiger partial charge in [-0.25, -0.2) is 4.98 Å². The summed E-state index contributed by atoms with van der Waals surface area (Å²) in [7, 11) is 0. The Morgan fingerprint density at radius 3 is 2.82 bits per heavy atom. The first-order chi connectivity index (χ1) is 8.24. The van der Waals surface area contributed by atoms with Crippen molar-refractivity contribution in [2.45, 2.75) is 25.5 Å². The molecule has 1 aromatic carbocycles. The molecule has 88 valence electrons. The normalized spacial score (nSPS) is 19.1. The Labute approximate surface area is 105 Å². The average molecular weight is 249 g/mol. The lowest BCUT2D eigenvalue weighted by molar-refractivity contribution is 0.142. The number of hydrogen-bond acceptors (Lipinski definition) is 2. The molecule has 0 spiro atoms. The highest BCUT2D eigenvalue weighted by molar-refractivity contribution is 6.30. The molecule has 0 amide bonds. The number of rotatable bonds is 1. The molecule has 4 heteroatoms. The van der Waals surface area contributed by atoms with Crippen LogP contribution in [0.25, 0.3) is 11.3 Å². The van der Waals surface area contributed by atoms with Crippen LogP contribution in [0, 0.1) is 0 Å². The molecule has 1 unspecified atom stereocenters. The van der Waals surface area contributed by atoms with Crippen LogP contribution in [0.4, 0.5) is 0 Å². The van der Waals surface area contributed by atoms with Crippen LogP contribution in [0.2, 0.25) is 5.02 Å². The number of nitrogens with zero attached hydrogens (tertiary/aromatic N) is 2. The molecule has 0 radical (unpaired) electrons. The van der Waals surface area contributed by atoms with Crippen molar-refractivity contribution in [3.63, 3.8) is 0 Å². The van der Waals surface area contributed by atoms with Crippen molar-refractivity contribution < 1.29 is 5.11 Å². The minimum atomic E-state index is -0.247. The van der Waals surface area contributed by atoms with E-state index in [1.54, 1.807) is 0 Å². The predicted molar refractivity (Wildman–Crippen MR) is 67.0 cm³/mol. The quantitative estimate of drug-likeness (QED) is 0.842. The number of benzene rings is 1. The van der Waals surface area contributed by atoms with Gasteiger partial charge in [0.25, 0.3) is 0 Å². The maximum absolute atomic E-state index is 9.60. The first-order valence-electron chi connectivity index (χ1n) is 5.72. The zero-order chi connectivity index (χ0) is 11.8. The molecule has 0 saturated heterocycles. The Hall–Kier alpha value is -1.32. The molecule has 0 aliphatic carbocycles. The lowest BCUT2D eigenvalue weighted by Gasteiger charge is -2.20. The van der Waals surface area contributed by atoms with Crippen LogP contribution in [0.1, 0.15) is 12.2 Å². The summed E-state index contributed by atoms with van der Waals surface area (Å²) in [5, 5.41) is 10.3. The van der Waals surface area contributed by atoms with Gasteiger partial charge in [0, 0.05) is 18.0 Å². The van der Waals surface area contributed by atoms with E-state index in [1.807, 2.05) is 30.5 Å². The number of aliphatic hydroxyl groups is 1. The predicted octanol–water partition coefficient (Wildman–Crippen LogP) is 2.51. The van der Waals surface area contributed by atoms with Gasteiger partial charge in [-0.15, -0.1) is 0 Å². The number of aromatic nitrogens is 2. The lowest BCUT2D eigenvalue weighted by atomic mass is 10.1. The van der Waals surface area contributed by atoms with E-state index in [0.717, 1.165) is 35.1 Å².